The molecule has 8 nitrogen and oxygen atoms in total. The van der Waals surface area contributed by atoms with E-state index in [2.05, 4.69) is 33.8 Å². The van der Waals surface area contributed by atoms with Crippen LogP contribution in [0.4, 0.5) is 17.5 Å². The van der Waals surface area contributed by atoms with Crippen molar-refractivity contribution in [2.24, 2.45) is 0 Å². The van der Waals surface area contributed by atoms with Crippen molar-refractivity contribution in [2.45, 2.75) is 31.7 Å². The number of rotatable bonds is 9. The maximum atomic E-state index is 11.4. The lowest BCUT2D eigenvalue weighted by Crippen LogP contribution is -2.16. The Morgan fingerprint density at radius 2 is 1.70 bits per heavy atom. The average Bonchev–Trinajstić information content (AvgIpc) is 3.74. The van der Waals surface area contributed by atoms with Gasteiger partial charge in [0.25, 0.3) is 0 Å². The Hall–Kier alpha value is -5.50. The van der Waals surface area contributed by atoms with E-state index >= 15 is 0 Å². The molecule has 1 aliphatic rings. The van der Waals surface area contributed by atoms with Gasteiger partial charge < -0.3 is 15.4 Å². The topological polar surface area (TPSA) is 93.4 Å². The summed E-state index contributed by atoms with van der Waals surface area (Å²) in [6.07, 6.45) is 7.45. The zero-order chi connectivity index (χ0) is 29.9. The predicted molar refractivity (Wildman–Crippen MR) is 175 cm³/mol. The lowest BCUT2D eigenvalue weighted by atomic mass is 10.0. The van der Waals surface area contributed by atoms with E-state index in [9.17, 15) is 4.79 Å². The summed E-state index contributed by atoms with van der Waals surface area (Å²) in [6.45, 7) is 0. The quantitative estimate of drug-likeness (QED) is 0.167. The fraction of sp³-hybridized carbons (Fsp3) is 0.167. The summed E-state index contributed by atoms with van der Waals surface area (Å²) >= 11 is 0. The molecule has 0 amide bonds. The van der Waals surface area contributed by atoms with Gasteiger partial charge in [-0.2, -0.15) is 5.10 Å². The smallest absolute Gasteiger partial charge is 0.227 e. The van der Waals surface area contributed by atoms with Crippen molar-refractivity contribution < 1.29 is 9.53 Å². The Balaban J connectivity index is 1.32. The zero-order valence-electron chi connectivity index (χ0n) is 24.4. The van der Waals surface area contributed by atoms with Crippen LogP contribution in [-0.4, -0.2) is 39.0 Å². The Kier molecular flexibility index (Phi) is 7.46. The molecule has 0 radical (unpaired) electrons. The number of carbonyl (C=O) groups excluding carboxylic acids is 1. The molecule has 3 aromatic heterocycles. The van der Waals surface area contributed by atoms with Gasteiger partial charge in [0.15, 0.2) is 0 Å². The van der Waals surface area contributed by atoms with E-state index in [0.717, 1.165) is 75.5 Å². The molecule has 1 saturated carbocycles. The van der Waals surface area contributed by atoms with Gasteiger partial charge in [-0.15, -0.1) is 0 Å². The van der Waals surface area contributed by atoms with Crippen LogP contribution in [-0.2, 0) is 0 Å². The maximum absolute atomic E-state index is 11.4. The lowest BCUT2D eigenvalue weighted by molar-refractivity contribution is 0.112. The normalized spacial score (nSPS) is 13.2. The number of hydrogen-bond donors (Lipinski definition) is 2. The van der Waals surface area contributed by atoms with E-state index in [1.54, 1.807) is 19.4 Å². The molecule has 0 saturated heterocycles. The third kappa shape index (κ3) is 5.38. The van der Waals surface area contributed by atoms with Gasteiger partial charge in [-0.25, -0.2) is 14.5 Å². The van der Waals surface area contributed by atoms with Crippen molar-refractivity contribution in [1.29, 1.82) is 0 Å². The fourth-order valence-corrected chi connectivity index (χ4v) is 5.96. The second kappa shape index (κ2) is 12.0. The number of ether oxygens (including phenoxy) is 1. The van der Waals surface area contributed by atoms with Crippen molar-refractivity contribution in [1.82, 2.24) is 19.6 Å². The number of benzene rings is 3. The molecule has 8 heteroatoms. The highest BCUT2D eigenvalue weighted by atomic mass is 16.5. The number of fused-ring (bicyclic) bond motifs is 1. The minimum Gasteiger partial charge on any atom is -0.497 e. The highest BCUT2D eigenvalue weighted by Gasteiger charge is 2.22. The van der Waals surface area contributed by atoms with Crippen molar-refractivity contribution >= 4 is 29.3 Å². The van der Waals surface area contributed by atoms with E-state index in [4.69, 9.17) is 14.8 Å². The van der Waals surface area contributed by atoms with Crippen LogP contribution in [0.1, 0.15) is 36.0 Å². The molecule has 3 heterocycles. The number of aromatic nitrogens is 4. The predicted octanol–water partition coefficient (Wildman–Crippen LogP) is 8.04. The minimum atomic E-state index is 0.444. The number of carbonyl (C=O) groups is 1. The van der Waals surface area contributed by atoms with Gasteiger partial charge >= 0.3 is 0 Å². The van der Waals surface area contributed by atoms with E-state index < -0.39 is 0 Å². The number of nitrogens with zero attached hydrogens (tertiary/aromatic N) is 4. The molecule has 44 heavy (non-hydrogen) atoms. The molecule has 0 unspecified atom stereocenters. The number of pyridine rings is 1. The Morgan fingerprint density at radius 3 is 2.52 bits per heavy atom. The molecule has 2 N–H and O–H groups in total. The number of methoxy groups -OCH3 is 1. The van der Waals surface area contributed by atoms with E-state index in [1.807, 2.05) is 77.3 Å². The average molecular weight is 581 g/mol. The van der Waals surface area contributed by atoms with Gasteiger partial charge in [-0.3, -0.25) is 4.79 Å². The first-order valence-electron chi connectivity index (χ1n) is 14.9. The van der Waals surface area contributed by atoms with Crippen molar-refractivity contribution in [2.75, 3.05) is 17.7 Å². The molecule has 6 aromatic rings. The largest absolute Gasteiger partial charge is 0.497 e. The van der Waals surface area contributed by atoms with Gasteiger partial charge in [0.2, 0.25) is 5.95 Å². The summed E-state index contributed by atoms with van der Waals surface area (Å²) in [4.78, 5) is 21.0. The summed E-state index contributed by atoms with van der Waals surface area (Å²) in [5.74, 6) is 2.21. The van der Waals surface area contributed by atoms with E-state index in [1.165, 1.54) is 12.8 Å². The first kappa shape index (κ1) is 27.3. The standard InChI is InChI=1S/C36H32N6O2/c1-44-28-18-16-25(17-19-28)35-34(32-14-7-15-33(42(32)41-35)38-27-10-2-3-11-27)31-20-21-37-36(40-31)39-30-13-5-4-12-29(30)26-9-6-8-24(22-26)23-43/h4-9,12-23,27,38H,2-3,10-11H2,1H3,(H,37,39,40). The van der Waals surface area contributed by atoms with Crippen LogP contribution >= 0.6 is 0 Å². The van der Waals surface area contributed by atoms with Crippen LogP contribution in [0.2, 0.25) is 0 Å². The Bertz CT molecular complexity index is 1940. The highest BCUT2D eigenvalue weighted by molar-refractivity contribution is 5.92. The number of para-hydroxylation sites is 1. The molecule has 1 fully saturated rings. The van der Waals surface area contributed by atoms with Gasteiger partial charge in [-0.05, 0) is 73.0 Å². The van der Waals surface area contributed by atoms with Crippen LogP contribution in [0.5, 0.6) is 5.75 Å². The van der Waals surface area contributed by atoms with Crippen molar-refractivity contribution in [3.8, 4) is 39.4 Å². The van der Waals surface area contributed by atoms with Crippen molar-refractivity contribution in [3.63, 3.8) is 0 Å². The summed E-state index contributed by atoms with van der Waals surface area (Å²) in [5, 5.41) is 12.3. The number of aldehydes is 1. The first-order valence-corrected chi connectivity index (χ1v) is 14.9. The molecule has 1 aliphatic carbocycles. The zero-order valence-corrected chi connectivity index (χ0v) is 24.4. The molecular formula is C36H32N6O2. The van der Waals surface area contributed by atoms with E-state index in [-0.39, 0.29) is 0 Å². The number of nitrogens with one attached hydrogen (secondary N) is 2. The van der Waals surface area contributed by atoms with Gasteiger partial charge in [0.05, 0.1) is 23.9 Å². The van der Waals surface area contributed by atoms with Crippen LogP contribution in [0, 0.1) is 0 Å². The summed E-state index contributed by atoms with van der Waals surface area (Å²) in [5.41, 5.74) is 7.75. The van der Waals surface area contributed by atoms with Crippen molar-refractivity contribution in [3.05, 3.63) is 109 Å². The van der Waals surface area contributed by atoms with Gasteiger partial charge in [-0.1, -0.05) is 55.3 Å². The summed E-state index contributed by atoms with van der Waals surface area (Å²) < 4.78 is 7.42. The molecule has 7 rings (SSSR count). The van der Waals surface area contributed by atoms with Crippen LogP contribution < -0.4 is 15.4 Å². The minimum absolute atomic E-state index is 0.444. The molecule has 0 aliphatic heterocycles. The lowest BCUT2D eigenvalue weighted by Gasteiger charge is -2.14. The Labute approximate surface area is 255 Å². The summed E-state index contributed by atoms with van der Waals surface area (Å²) in [7, 11) is 1.67. The van der Waals surface area contributed by atoms with Crippen LogP contribution in [0.25, 0.3) is 39.2 Å². The first-order chi connectivity index (χ1) is 21.7. The van der Waals surface area contributed by atoms with Gasteiger partial charge in [0, 0.05) is 34.6 Å². The number of anilines is 3. The molecule has 0 spiro atoms. The molecule has 0 atom stereocenters. The third-order valence-corrected chi connectivity index (χ3v) is 8.15. The fourth-order valence-electron chi connectivity index (χ4n) is 5.96. The summed E-state index contributed by atoms with van der Waals surface area (Å²) in [6, 6.07) is 32.0. The monoisotopic (exact) mass is 580 g/mol. The van der Waals surface area contributed by atoms with Crippen LogP contribution in [0.15, 0.2) is 103 Å². The second-order valence-corrected chi connectivity index (χ2v) is 11.0. The maximum Gasteiger partial charge on any atom is 0.227 e. The van der Waals surface area contributed by atoms with Crippen LogP contribution in [0.3, 0.4) is 0 Å². The molecule has 3 aromatic carbocycles. The van der Waals surface area contributed by atoms with E-state index in [0.29, 0.717) is 17.6 Å². The SMILES string of the molecule is COc1ccc(-c2nn3c(NC4CCCC4)cccc3c2-c2ccnc(Nc3ccccc3-c3cccc(C=O)c3)n2)cc1. The molecule has 218 valence electrons. The van der Waals surface area contributed by atoms with Gasteiger partial charge in [0.1, 0.15) is 23.5 Å². The molecular weight excluding hydrogens is 548 g/mol. The highest BCUT2D eigenvalue weighted by Crippen LogP contribution is 2.37. The molecule has 0 bridgehead atoms. The second-order valence-electron chi connectivity index (χ2n) is 11.0. The third-order valence-electron chi connectivity index (χ3n) is 8.15. The number of hydrogen-bond acceptors (Lipinski definition) is 7. The Morgan fingerprint density at radius 1 is 0.886 bits per heavy atom.